The lowest BCUT2D eigenvalue weighted by atomic mass is 10.0. The van der Waals surface area contributed by atoms with E-state index in [-0.39, 0.29) is 25.1 Å². The highest BCUT2D eigenvalue weighted by Gasteiger charge is 2.43. The molecule has 0 aliphatic heterocycles. The van der Waals surface area contributed by atoms with Gasteiger partial charge in [-0.2, -0.15) is 0 Å². The molecular weight excluding hydrogens is 432 g/mol. The van der Waals surface area contributed by atoms with E-state index < -0.39 is 20.5 Å². The molecule has 3 N–H and O–H groups in total. The van der Waals surface area contributed by atoms with Crippen molar-refractivity contribution in [1.29, 1.82) is 0 Å². The second-order valence-electron chi connectivity index (χ2n) is 8.46. The van der Waals surface area contributed by atoms with E-state index in [1.54, 1.807) is 12.3 Å². The number of carbonyl (C=O) groups excluding carboxylic acids is 1. The summed E-state index contributed by atoms with van der Waals surface area (Å²) in [6.45, 7) is 1.44. The van der Waals surface area contributed by atoms with Gasteiger partial charge in [-0.1, -0.05) is 36.4 Å². The number of aliphatic hydroxyl groups is 1. The van der Waals surface area contributed by atoms with Crippen molar-refractivity contribution < 1.29 is 23.5 Å². The lowest BCUT2D eigenvalue weighted by Crippen LogP contribution is -2.49. The number of carbonyl (C=O) groups is 1. The molecule has 32 heavy (non-hydrogen) atoms. The summed E-state index contributed by atoms with van der Waals surface area (Å²) in [7, 11) is -3.83. The number of hydroxylamine groups is 1. The van der Waals surface area contributed by atoms with Crippen molar-refractivity contribution >= 4 is 21.8 Å². The van der Waals surface area contributed by atoms with Gasteiger partial charge in [0, 0.05) is 31.7 Å². The summed E-state index contributed by atoms with van der Waals surface area (Å²) in [5, 5.41) is 18.0. The van der Waals surface area contributed by atoms with E-state index in [2.05, 4.69) is 6.08 Å². The first-order valence-electron chi connectivity index (χ1n) is 10.3. The molecule has 0 radical (unpaired) electrons. The highest BCUT2D eigenvalue weighted by Crippen LogP contribution is 2.39. The second-order valence-corrected chi connectivity index (χ2v) is 10.9. The van der Waals surface area contributed by atoms with Crippen molar-refractivity contribution in [3.8, 4) is 11.1 Å². The lowest BCUT2D eigenvalue weighted by Gasteiger charge is -2.25. The highest BCUT2D eigenvalue weighted by molar-refractivity contribution is 7.92. The first-order valence-corrected chi connectivity index (χ1v) is 12.2. The van der Waals surface area contributed by atoms with Crippen LogP contribution in [0.25, 0.3) is 17.2 Å². The van der Waals surface area contributed by atoms with Crippen LogP contribution >= 0.6 is 0 Å². The van der Waals surface area contributed by atoms with E-state index in [9.17, 15) is 18.0 Å². The largest absolute Gasteiger partial charge is 0.396 e. The minimum atomic E-state index is -3.83. The molecule has 1 amide bonds. The molecule has 3 rings (SSSR count). The summed E-state index contributed by atoms with van der Waals surface area (Å²) in [5.74, 6) is -0.210. The van der Waals surface area contributed by atoms with Gasteiger partial charge in [-0.05, 0) is 54.4 Å². The topological polar surface area (TPSA) is 126 Å². The highest BCUT2D eigenvalue weighted by atomic mass is 32.2. The fourth-order valence-electron chi connectivity index (χ4n) is 3.53. The summed E-state index contributed by atoms with van der Waals surface area (Å²) in [5.41, 5.74) is 3.70. The molecule has 1 aliphatic rings. The first kappa shape index (κ1) is 23.9. The van der Waals surface area contributed by atoms with E-state index in [1.807, 2.05) is 30.3 Å². The molecule has 1 aromatic heterocycles. The fraction of sp³-hybridized carbons (Fsp3) is 0.391. The molecule has 0 spiro atoms. The summed E-state index contributed by atoms with van der Waals surface area (Å²) in [6, 6.07) is 11.0. The second kappa shape index (κ2) is 9.40. The smallest absolute Gasteiger partial charge is 0.264 e. The maximum atomic E-state index is 12.6. The molecule has 1 saturated carbocycles. The van der Waals surface area contributed by atoms with Gasteiger partial charge in [0.05, 0.1) is 0 Å². The number of pyridine rings is 1. The van der Waals surface area contributed by atoms with Crippen LogP contribution < -0.4 is 11.0 Å². The van der Waals surface area contributed by atoms with Crippen LogP contribution in [0.1, 0.15) is 25.3 Å². The van der Waals surface area contributed by atoms with Crippen LogP contribution in [0.4, 0.5) is 0 Å². The van der Waals surface area contributed by atoms with E-state index in [1.165, 1.54) is 23.0 Å². The Morgan fingerprint density at radius 2 is 1.94 bits per heavy atom. The Morgan fingerprint density at radius 3 is 2.47 bits per heavy atom. The van der Waals surface area contributed by atoms with Gasteiger partial charge >= 0.3 is 0 Å². The number of amides is 1. The van der Waals surface area contributed by atoms with Crippen LogP contribution in [0.3, 0.4) is 0 Å². The van der Waals surface area contributed by atoms with Crippen LogP contribution in [-0.4, -0.2) is 46.8 Å². The standard InChI is InChI=1S/C23H28N2O6S/c1-23(22(28)24-29,32(2,30)31)10-12-25-11-9-19(14-21(25)27)17-6-3-16(4-7-17)5-8-18-13-20(18)15-26/h3-9,11,14,18,20,26,29H,10,12-13,15H2,1-2H3,(H,24,28)/b8-5+/t18-,20-,23?/m1/s1. The third-order valence-electron chi connectivity index (χ3n) is 6.22. The zero-order chi connectivity index (χ0) is 23.5. The first-order chi connectivity index (χ1) is 15.1. The molecule has 1 aliphatic carbocycles. The van der Waals surface area contributed by atoms with E-state index >= 15 is 0 Å². The number of hydrogen-bond donors (Lipinski definition) is 3. The summed E-state index contributed by atoms with van der Waals surface area (Å²) < 4.78 is 23.6. The minimum Gasteiger partial charge on any atom is -0.396 e. The number of benzene rings is 1. The number of aromatic nitrogens is 1. The number of rotatable bonds is 9. The third-order valence-corrected chi connectivity index (χ3v) is 8.24. The van der Waals surface area contributed by atoms with Crippen LogP contribution in [0.15, 0.2) is 53.5 Å². The van der Waals surface area contributed by atoms with E-state index in [0.717, 1.165) is 29.4 Å². The molecule has 3 atom stereocenters. The van der Waals surface area contributed by atoms with E-state index in [0.29, 0.717) is 11.8 Å². The zero-order valence-corrected chi connectivity index (χ0v) is 18.9. The Hall–Kier alpha value is -2.75. The zero-order valence-electron chi connectivity index (χ0n) is 18.1. The molecular formula is C23H28N2O6S. The summed E-state index contributed by atoms with van der Waals surface area (Å²) >= 11 is 0. The van der Waals surface area contributed by atoms with Gasteiger partial charge in [-0.3, -0.25) is 14.8 Å². The SMILES string of the molecule is CC(CCn1ccc(-c2ccc(/C=C/[C@@H]3C[C@@H]3CO)cc2)cc1=O)(C(=O)NO)S(C)(=O)=O. The Balaban J connectivity index is 1.71. The van der Waals surface area contributed by atoms with Gasteiger partial charge in [-0.15, -0.1) is 0 Å². The van der Waals surface area contributed by atoms with Gasteiger partial charge in [0.25, 0.3) is 11.5 Å². The van der Waals surface area contributed by atoms with Crippen molar-refractivity contribution in [2.45, 2.75) is 31.1 Å². The van der Waals surface area contributed by atoms with Crippen molar-refractivity contribution in [3.05, 3.63) is 64.6 Å². The minimum absolute atomic E-state index is 0.00413. The molecule has 1 aromatic carbocycles. The summed E-state index contributed by atoms with van der Waals surface area (Å²) in [4.78, 5) is 24.5. The maximum Gasteiger partial charge on any atom is 0.264 e. The molecule has 1 unspecified atom stereocenters. The number of hydrogen-bond acceptors (Lipinski definition) is 6. The Morgan fingerprint density at radius 1 is 1.25 bits per heavy atom. The van der Waals surface area contributed by atoms with Crippen molar-refractivity contribution in [1.82, 2.24) is 10.0 Å². The number of aryl methyl sites for hydroxylation is 1. The van der Waals surface area contributed by atoms with Gasteiger partial charge in [0.1, 0.15) is 0 Å². The number of allylic oxidation sites excluding steroid dienone is 1. The molecule has 1 fully saturated rings. The number of nitrogens with one attached hydrogen (secondary N) is 1. The quantitative estimate of drug-likeness (QED) is 0.387. The van der Waals surface area contributed by atoms with Crippen molar-refractivity contribution in [2.24, 2.45) is 11.8 Å². The predicted molar refractivity (Wildman–Crippen MR) is 122 cm³/mol. The summed E-state index contributed by atoms with van der Waals surface area (Å²) in [6.07, 6.45) is 7.48. The maximum absolute atomic E-state index is 12.6. The lowest BCUT2D eigenvalue weighted by molar-refractivity contribution is -0.131. The van der Waals surface area contributed by atoms with Crippen molar-refractivity contribution in [2.75, 3.05) is 12.9 Å². The molecule has 0 bridgehead atoms. The number of sulfone groups is 1. The van der Waals surface area contributed by atoms with Gasteiger partial charge in [0.15, 0.2) is 14.6 Å². The average Bonchev–Trinajstić information content (AvgIpc) is 3.54. The monoisotopic (exact) mass is 460 g/mol. The molecule has 1 heterocycles. The average molecular weight is 461 g/mol. The predicted octanol–water partition coefficient (Wildman–Crippen LogP) is 1.86. The fourth-order valence-corrected chi connectivity index (χ4v) is 4.37. The van der Waals surface area contributed by atoms with Gasteiger partial charge < -0.3 is 9.67 Å². The van der Waals surface area contributed by atoms with E-state index in [4.69, 9.17) is 10.3 Å². The third kappa shape index (κ3) is 5.17. The Labute approximate surface area is 187 Å². The molecule has 9 heteroatoms. The molecule has 172 valence electrons. The Kier molecular flexibility index (Phi) is 7.02. The van der Waals surface area contributed by atoms with Crippen LogP contribution in [0, 0.1) is 11.8 Å². The van der Waals surface area contributed by atoms with Crippen molar-refractivity contribution in [3.63, 3.8) is 0 Å². The number of nitrogens with zero attached hydrogens (tertiary/aromatic N) is 1. The molecule has 0 saturated heterocycles. The normalized spacial score (nSPS) is 20.1. The van der Waals surface area contributed by atoms with Gasteiger partial charge in [-0.25, -0.2) is 13.9 Å². The van der Waals surface area contributed by atoms with Crippen LogP contribution in [0.5, 0.6) is 0 Å². The van der Waals surface area contributed by atoms with Gasteiger partial charge in [0.2, 0.25) is 0 Å². The molecule has 8 nitrogen and oxygen atoms in total. The van der Waals surface area contributed by atoms with Crippen LogP contribution in [0.2, 0.25) is 0 Å². The van der Waals surface area contributed by atoms with Crippen LogP contribution in [-0.2, 0) is 21.2 Å². The number of aliphatic hydroxyl groups excluding tert-OH is 1. The Bertz CT molecular complexity index is 1170. The molecule has 2 aromatic rings.